The van der Waals surface area contributed by atoms with Gasteiger partial charge in [-0.1, -0.05) is 0 Å². The third-order valence-corrected chi connectivity index (χ3v) is 3.37. The minimum absolute atomic E-state index is 0.189. The van der Waals surface area contributed by atoms with Crippen LogP contribution in [0.1, 0.15) is 24.2 Å². The maximum Gasteiger partial charge on any atom is 0.339 e. The number of aromatic nitrogens is 3. The van der Waals surface area contributed by atoms with E-state index in [0.29, 0.717) is 37.6 Å². The van der Waals surface area contributed by atoms with Gasteiger partial charge in [-0.2, -0.15) is 5.10 Å². The van der Waals surface area contributed by atoms with Crippen molar-refractivity contribution in [2.24, 2.45) is 7.05 Å². The summed E-state index contributed by atoms with van der Waals surface area (Å²) in [4.78, 5) is 17.7. The third kappa shape index (κ3) is 2.97. The lowest BCUT2D eigenvalue weighted by atomic mass is 10.1. The summed E-state index contributed by atoms with van der Waals surface area (Å²) in [6.45, 7) is 6.42. The van der Waals surface area contributed by atoms with E-state index in [-0.39, 0.29) is 5.56 Å². The van der Waals surface area contributed by atoms with Crippen LogP contribution >= 0.6 is 0 Å². The molecule has 2 aromatic rings. The molecule has 0 atom stereocenters. The number of aryl methyl sites for hydroxylation is 1. The minimum Gasteiger partial charge on any atom is -0.478 e. The smallest absolute Gasteiger partial charge is 0.339 e. The van der Waals surface area contributed by atoms with E-state index in [9.17, 15) is 9.90 Å². The normalized spacial score (nSPS) is 11.0. The molecule has 2 heterocycles. The number of anilines is 1. The molecule has 0 spiro atoms. The van der Waals surface area contributed by atoms with E-state index in [1.807, 2.05) is 18.7 Å². The van der Waals surface area contributed by atoms with Crippen molar-refractivity contribution in [3.63, 3.8) is 0 Å². The number of hydrogen-bond donors (Lipinski definition) is 1. The molecule has 21 heavy (non-hydrogen) atoms. The number of nitrogens with zero attached hydrogens (tertiary/aromatic N) is 4. The van der Waals surface area contributed by atoms with E-state index in [0.717, 1.165) is 5.39 Å². The number of carboxylic acids is 1. The van der Waals surface area contributed by atoms with Crippen molar-refractivity contribution in [2.45, 2.75) is 13.8 Å². The molecule has 7 heteroatoms. The minimum atomic E-state index is -0.988. The predicted molar refractivity (Wildman–Crippen MR) is 79.8 cm³/mol. The largest absolute Gasteiger partial charge is 0.478 e. The molecule has 1 N–H and O–H groups in total. The van der Waals surface area contributed by atoms with Crippen LogP contribution in [0.5, 0.6) is 0 Å². The van der Waals surface area contributed by atoms with E-state index in [2.05, 4.69) is 10.1 Å². The fraction of sp³-hybridized carbons (Fsp3) is 0.500. The SMILES string of the molecule is CCOCCN(CC)c1c(C(=O)O)cnc2c1cnn2C. The molecule has 0 aromatic carbocycles. The van der Waals surface area contributed by atoms with Crippen molar-refractivity contribution in [2.75, 3.05) is 31.2 Å². The Morgan fingerprint density at radius 2 is 2.19 bits per heavy atom. The zero-order valence-corrected chi connectivity index (χ0v) is 12.5. The number of hydrogen-bond acceptors (Lipinski definition) is 5. The van der Waals surface area contributed by atoms with Gasteiger partial charge < -0.3 is 14.7 Å². The highest BCUT2D eigenvalue weighted by molar-refractivity contribution is 6.03. The van der Waals surface area contributed by atoms with Crippen LogP contribution < -0.4 is 4.90 Å². The summed E-state index contributed by atoms with van der Waals surface area (Å²) in [6.07, 6.45) is 3.05. The molecule has 0 saturated heterocycles. The third-order valence-electron chi connectivity index (χ3n) is 3.37. The molecule has 0 aliphatic rings. The van der Waals surface area contributed by atoms with E-state index in [4.69, 9.17) is 4.74 Å². The maximum absolute atomic E-state index is 11.5. The summed E-state index contributed by atoms with van der Waals surface area (Å²) >= 11 is 0. The van der Waals surface area contributed by atoms with E-state index >= 15 is 0 Å². The fourth-order valence-electron chi connectivity index (χ4n) is 2.33. The monoisotopic (exact) mass is 292 g/mol. The molecular weight excluding hydrogens is 272 g/mol. The number of carboxylic acid groups (broad SMARTS) is 1. The van der Waals surface area contributed by atoms with Crippen LogP contribution in [-0.4, -0.2) is 52.1 Å². The summed E-state index contributed by atoms with van der Waals surface area (Å²) in [6, 6.07) is 0. The number of ether oxygens (including phenoxy) is 1. The second kappa shape index (κ2) is 6.53. The summed E-state index contributed by atoms with van der Waals surface area (Å²) in [5.74, 6) is -0.988. The predicted octanol–water partition coefficient (Wildman–Crippen LogP) is 1.53. The number of pyridine rings is 1. The lowest BCUT2D eigenvalue weighted by Gasteiger charge is -2.25. The first-order chi connectivity index (χ1) is 10.1. The second-order valence-electron chi connectivity index (χ2n) is 4.61. The zero-order chi connectivity index (χ0) is 15.4. The molecule has 0 fully saturated rings. The molecule has 0 aliphatic carbocycles. The van der Waals surface area contributed by atoms with Crippen molar-refractivity contribution >= 4 is 22.7 Å². The summed E-state index contributed by atoms with van der Waals surface area (Å²) < 4.78 is 7.02. The quantitative estimate of drug-likeness (QED) is 0.779. The van der Waals surface area contributed by atoms with E-state index in [1.165, 1.54) is 6.20 Å². The lowest BCUT2D eigenvalue weighted by molar-refractivity contribution is 0.0697. The highest BCUT2D eigenvalue weighted by Crippen LogP contribution is 2.29. The highest BCUT2D eigenvalue weighted by atomic mass is 16.5. The van der Waals surface area contributed by atoms with Gasteiger partial charge in [0.25, 0.3) is 0 Å². The van der Waals surface area contributed by atoms with Crippen LogP contribution in [0.25, 0.3) is 11.0 Å². The molecule has 0 saturated carbocycles. The molecule has 2 rings (SSSR count). The van der Waals surface area contributed by atoms with Gasteiger partial charge in [0.1, 0.15) is 5.56 Å². The number of carbonyl (C=O) groups is 1. The molecular formula is C14H20N4O3. The Balaban J connectivity index is 2.51. The lowest BCUT2D eigenvalue weighted by Crippen LogP contribution is -2.29. The first kappa shape index (κ1) is 15.2. The maximum atomic E-state index is 11.5. The van der Waals surface area contributed by atoms with Crippen LogP contribution in [0.4, 0.5) is 5.69 Å². The topological polar surface area (TPSA) is 80.5 Å². The number of fused-ring (bicyclic) bond motifs is 1. The number of aromatic carboxylic acids is 1. The molecule has 7 nitrogen and oxygen atoms in total. The number of rotatable bonds is 7. The van der Waals surface area contributed by atoms with Crippen molar-refractivity contribution in [1.82, 2.24) is 14.8 Å². The van der Waals surface area contributed by atoms with Crippen LogP contribution in [0.3, 0.4) is 0 Å². The molecule has 0 aliphatic heterocycles. The first-order valence-corrected chi connectivity index (χ1v) is 6.96. The van der Waals surface area contributed by atoms with Crippen LogP contribution in [0, 0.1) is 0 Å². The molecule has 114 valence electrons. The van der Waals surface area contributed by atoms with Crippen molar-refractivity contribution in [3.05, 3.63) is 18.0 Å². The van der Waals surface area contributed by atoms with Gasteiger partial charge in [0, 0.05) is 32.9 Å². The first-order valence-electron chi connectivity index (χ1n) is 6.96. The van der Waals surface area contributed by atoms with Gasteiger partial charge in [-0.15, -0.1) is 0 Å². The van der Waals surface area contributed by atoms with E-state index < -0.39 is 5.97 Å². The van der Waals surface area contributed by atoms with Gasteiger partial charge in [0.05, 0.1) is 23.9 Å². The van der Waals surface area contributed by atoms with Gasteiger partial charge in [0.2, 0.25) is 0 Å². The molecule has 0 bridgehead atoms. The summed E-state index contributed by atoms with van der Waals surface area (Å²) in [5.41, 5.74) is 1.52. The summed E-state index contributed by atoms with van der Waals surface area (Å²) in [5, 5.41) is 14.3. The van der Waals surface area contributed by atoms with Gasteiger partial charge in [-0.05, 0) is 13.8 Å². The molecule has 2 aromatic heterocycles. The van der Waals surface area contributed by atoms with Crippen LogP contribution in [-0.2, 0) is 11.8 Å². The van der Waals surface area contributed by atoms with Crippen molar-refractivity contribution in [3.8, 4) is 0 Å². The Bertz CT molecular complexity index is 638. The molecule has 0 unspecified atom stereocenters. The van der Waals surface area contributed by atoms with Gasteiger partial charge >= 0.3 is 5.97 Å². The molecule has 0 amide bonds. The Morgan fingerprint density at radius 1 is 1.43 bits per heavy atom. The van der Waals surface area contributed by atoms with E-state index in [1.54, 1.807) is 17.9 Å². The van der Waals surface area contributed by atoms with Gasteiger partial charge in [0.15, 0.2) is 5.65 Å². The highest BCUT2D eigenvalue weighted by Gasteiger charge is 2.21. The summed E-state index contributed by atoms with van der Waals surface area (Å²) in [7, 11) is 1.79. The standard InChI is InChI=1S/C14H20N4O3/c1-4-18(6-7-21-5-2)12-10-9-16-17(3)13(10)15-8-11(12)14(19)20/h8-9H,4-7H2,1-3H3,(H,19,20). The number of likely N-dealkylation sites (N-methyl/N-ethyl adjacent to an activating group) is 1. The van der Waals surface area contributed by atoms with Crippen molar-refractivity contribution in [1.29, 1.82) is 0 Å². The van der Waals surface area contributed by atoms with Crippen LogP contribution in [0.2, 0.25) is 0 Å². The second-order valence-corrected chi connectivity index (χ2v) is 4.61. The van der Waals surface area contributed by atoms with Crippen molar-refractivity contribution < 1.29 is 14.6 Å². The fourth-order valence-corrected chi connectivity index (χ4v) is 2.33. The van der Waals surface area contributed by atoms with Gasteiger partial charge in [-0.25, -0.2) is 9.78 Å². The Morgan fingerprint density at radius 3 is 2.81 bits per heavy atom. The Kier molecular flexibility index (Phi) is 4.74. The van der Waals surface area contributed by atoms with Gasteiger partial charge in [-0.3, -0.25) is 4.68 Å². The van der Waals surface area contributed by atoms with Crippen LogP contribution in [0.15, 0.2) is 12.4 Å². The molecule has 0 radical (unpaired) electrons. The Labute approximate surface area is 123 Å². The average Bonchev–Trinajstić information content (AvgIpc) is 2.85. The zero-order valence-electron chi connectivity index (χ0n) is 12.5. The average molecular weight is 292 g/mol. The Hall–Kier alpha value is -2.15.